The quantitative estimate of drug-likeness (QED) is 0.295. The molecule has 0 aliphatic heterocycles. The van der Waals surface area contributed by atoms with Crippen molar-refractivity contribution >= 4 is 23.5 Å². The first-order valence-corrected chi connectivity index (χ1v) is 7.71. The molecule has 5 nitrogen and oxygen atoms in total. The summed E-state index contributed by atoms with van der Waals surface area (Å²) in [6.07, 6.45) is 5.29. The molecule has 1 rings (SSSR count). The van der Waals surface area contributed by atoms with Gasteiger partial charge in [0.05, 0.1) is 0 Å². The van der Waals surface area contributed by atoms with Crippen LogP contribution in [0.2, 0.25) is 0 Å². The Balaban J connectivity index is 2.62. The maximum atomic E-state index is 12.3. The van der Waals surface area contributed by atoms with Crippen LogP contribution in [0.25, 0.3) is 0 Å². The molecule has 0 heterocycles. The molecule has 18 heavy (non-hydrogen) atoms. The standard InChI is InChI=1S/C12H23N3O2S/c1-9(8-18-2)7-14-11(16)12(10(13)15-17)5-3-4-6-12/h9,17H,3-8H2,1-2H3,(H2,13,15)(H,14,16). The molecule has 0 spiro atoms. The Morgan fingerprint density at radius 1 is 1.56 bits per heavy atom. The topological polar surface area (TPSA) is 87.7 Å². The summed E-state index contributed by atoms with van der Waals surface area (Å²) < 4.78 is 0. The highest BCUT2D eigenvalue weighted by Crippen LogP contribution is 2.38. The van der Waals surface area contributed by atoms with Gasteiger partial charge in [0.25, 0.3) is 0 Å². The zero-order valence-corrected chi connectivity index (χ0v) is 11.9. The summed E-state index contributed by atoms with van der Waals surface area (Å²) >= 11 is 1.76. The van der Waals surface area contributed by atoms with Crippen LogP contribution in [0.15, 0.2) is 5.16 Å². The second-order valence-electron chi connectivity index (χ2n) is 5.04. The molecule has 104 valence electrons. The number of amides is 1. The van der Waals surface area contributed by atoms with E-state index in [1.807, 2.05) is 6.26 Å². The number of nitrogens with zero attached hydrogens (tertiary/aromatic N) is 1. The molecule has 1 amide bonds. The van der Waals surface area contributed by atoms with Crippen LogP contribution < -0.4 is 11.1 Å². The Morgan fingerprint density at radius 2 is 2.17 bits per heavy atom. The van der Waals surface area contributed by atoms with Gasteiger partial charge in [-0.3, -0.25) is 4.79 Å². The number of rotatable bonds is 6. The molecule has 1 aliphatic carbocycles. The molecule has 0 aromatic heterocycles. The lowest BCUT2D eigenvalue weighted by Gasteiger charge is -2.26. The van der Waals surface area contributed by atoms with E-state index in [-0.39, 0.29) is 11.7 Å². The molecule has 0 aromatic carbocycles. The molecule has 0 aromatic rings. The highest BCUT2D eigenvalue weighted by Gasteiger charge is 2.45. The van der Waals surface area contributed by atoms with Gasteiger partial charge in [-0.05, 0) is 30.8 Å². The largest absolute Gasteiger partial charge is 0.409 e. The van der Waals surface area contributed by atoms with Crippen molar-refractivity contribution in [3.63, 3.8) is 0 Å². The van der Waals surface area contributed by atoms with Crippen LogP contribution in [0.1, 0.15) is 32.6 Å². The number of amidine groups is 1. The minimum Gasteiger partial charge on any atom is -0.409 e. The van der Waals surface area contributed by atoms with E-state index in [2.05, 4.69) is 17.4 Å². The van der Waals surface area contributed by atoms with E-state index in [0.717, 1.165) is 18.6 Å². The third-order valence-corrected chi connectivity index (χ3v) is 4.45. The average Bonchev–Trinajstić information content (AvgIpc) is 2.86. The fourth-order valence-electron chi connectivity index (χ4n) is 2.45. The first kappa shape index (κ1) is 15.1. The second kappa shape index (κ2) is 6.87. The number of carbonyl (C=O) groups excluding carboxylic acids is 1. The van der Waals surface area contributed by atoms with Crippen molar-refractivity contribution in [3.05, 3.63) is 0 Å². The van der Waals surface area contributed by atoms with Crippen molar-refractivity contribution in [2.75, 3.05) is 18.6 Å². The molecule has 0 saturated heterocycles. The molecule has 1 saturated carbocycles. The van der Waals surface area contributed by atoms with Gasteiger partial charge in [0, 0.05) is 6.54 Å². The molecule has 1 fully saturated rings. The lowest BCUT2D eigenvalue weighted by Crippen LogP contribution is -2.49. The van der Waals surface area contributed by atoms with E-state index in [1.54, 1.807) is 11.8 Å². The van der Waals surface area contributed by atoms with E-state index in [0.29, 0.717) is 25.3 Å². The first-order valence-electron chi connectivity index (χ1n) is 6.32. The molecule has 0 radical (unpaired) electrons. The predicted octanol–water partition coefficient (Wildman–Crippen LogP) is 1.41. The van der Waals surface area contributed by atoms with Gasteiger partial charge in [-0.25, -0.2) is 0 Å². The smallest absolute Gasteiger partial charge is 0.233 e. The summed E-state index contributed by atoms with van der Waals surface area (Å²) in [5, 5.41) is 14.8. The van der Waals surface area contributed by atoms with E-state index >= 15 is 0 Å². The fourth-order valence-corrected chi connectivity index (χ4v) is 3.14. The van der Waals surface area contributed by atoms with Crippen molar-refractivity contribution in [2.45, 2.75) is 32.6 Å². The van der Waals surface area contributed by atoms with Gasteiger partial charge >= 0.3 is 0 Å². The van der Waals surface area contributed by atoms with Gasteiger partial charge in [-0.1, -0.05) is 24.9 Å². The van der Waals surface area contributed by atoms with Gasteiger partial charge in [0.15, 0.2) is 5.84 Å². The molecule has 4 N–H and O–H groups in total. The minimum atomic E-state index is -0.784. The fraction of sp³-hybridized carbons (Fsp3) is 0.833. The molecule has 1 aliphatic rings. The van der Waals surface area contributed by atoms with Crippen LogP contribution in [0.3, 0.4) is 0 Å². The summed E-state index contributed by atoms with van der Waals surface area (Å²) in [5.41, 5.74) is 4.93. The van der Waals surface area contributed by atoms with E-state index in [4.69, 9.17) is 10.9 Å². The van der Waals surface area contributed by atoms with Crippen LogP contribution in [0.5, 0.6) is 0 Å². The van der Waals surface area contributed by atoms with E-state index in [9.17, 15) is 4.79 Å². The number of hydrogen-bond acceptors (Lipinski definition) is 4. The van der Waals surface area contributed by atoms with Crippen LogP contribution in [-0.2, 0) is 4.79 Å². The van der Waals surface area contributed by atoms with Gasteiger partial charge in [-0.15, -0.1) is 0 Å². The van der Waals surface area contributed by atoms with Gasteiger partial charge in [0.2, 0.25) is 5.91 Å². The average molecular weight is 273 g/mol. The monoisotopic (exact) mass is 273 g/mol. The Kier molecular flexibility index (Phi) is 5.78. The van der Waals surface area contributed by atoms with Crippen molar-refractivity contribution in [2.24, 2.45) is 22.2 Å². The molecular formula is C12H23N3O2S. The molecule has 6 heteroatoms. The highest BCUT2D eigenvalue weighted by molar-refractivity contribution is 7.98. The Labute approximate surface area is 113 Å². The SMILES string of the molecule is CSCC(C)CNC(=O)C1(C(N)=NO)CCCC1. The lowest BCUT2D eigenvalue weighted by atomic mass is 9.83. The van der Waals surface area contributed by atoms with E-state index in [1.165, 1.54) is 0 Å². The zero-order valence-electron chi connectivity index (χ0n) is 11.1. The third kappa shape index (κ3) is 3.31. The summed E-state index contributed by atoms with van der Waals surface area (Å²) in [4.78, 5) is 12.3. The van der Waals surface area contributed by atoms with Crippen LogP contribution >= 0.6 is 11.8 Å². The highest BCUT2D eigenvalue weighted by atomic mass is 32.2. The molecule has 1 unspecified atom stereocenters. The zero-order chi connectivity index (χ0) is 13.6. The normalized spacial score (nSPS) is 20.7. The Bertz CT molecular complexity index is 314. The van der Waals surface area contributed by atoms with Crippen molar-refractivity contribution in [3.8, 4) is 0 Å². The Morgan fingerprint density at radius 3 is 2.67 bits per heavy atom. The maximum Gasteiger partial charge on any atom is 0.233 e. The third-order valence-electron chi connectivity index (χ3n) is 3.55. The number of thioether (sulfide) groups is 1. The summed E-state index contributed by atoms with van der Waals surface area (Å²) in [6.45, 7) is 2.74. The number of nitrogens with one attached hydrogen (secondary N) is 1. The van der Waals surface area contributed by atoms with E-state index < -0.39 is 5.41 Å². The summed E-state index contributed by atoms with van der Waals surface area (Å²) in [6, 6.07) is 0. The summed E-state index contributed by atoms with van der Waals surface area (Å²) in [7, 11) is 0. The number of carbonyl (C=O) groups is 1. The maximum absolute atomic E-state index is 12.3. The predicted molar refractivity (Wildman–Crippen MR) is 74.9 cm³/mol. The van der Waals surface area contributed by atoms with Crippen molar-refractivity contribution in [1.82, 2.24) is 5.32 Å². The van der Waals surface area contributed by atoms with Gasteiger partial charge < -0.3 is 16.3 Å². The molecule has 1 atom stereocenters. The summed E-state index contributed by atoms with van der Waals surface area (Å²) in [5.74, 6) is 1.39. The second-order valence-corrected chi connectivity index (χ2v) is 5.96. The lowest BCUT2D eigenvalue weighted by molar-refractivity contribution is -0.127. The minimum absolute atomic E-state index is 0.0509. The molecule has 0 bridgehead atoms. The number of oxime groups is 1. The molecular weight excluding hydrogens is 250 g/mol. The Hall–Kier alpha value is -0.910. The number of nitrogens with two attached hydrogens (primary N) is 1. The van der Waals surface area contributed by atoms with Crippen LogP contribution in [0.4, 0.5) is 0 Å². The van der Waals surface area contributed by atoms with Gasteiger partial charge in [-0.2, -0.15) is 11.8 Å². The number of hydrogen-bond donors (Lipinski definition) is 3. The van der Waals surface area contributed by atoms with Crippen LogP contribution in [-0.4, -0.2) is 35.5 Å². The van der Waals surface area contributed by atoms with Crippen molar-refractivity contribution < 1.29 is 10.0 Å². The van der Waals surface area contributed by atoms with Crippen LogP contribution in [0, 0.1) is 11.3 Å². The first-order chi connectivity index (χ1) is 8.56. The van der Waals surface area contributed by atoms with Crippen molar-refractivity contribution in [1.29, 1.82) is 0 Å². The van der Waals surface area contributed by atoms with Gasteiger partial charge in [0.1, 0.15) is 5.41 Å².